The fourth-order valence-corrected chi connectivity index (χ4v) is 1.06. The molecule has 1 rings (SSSR count). The number of benzene rings is 1. The maximum Gasteiger partial charge on any atom is 0.236 e. The standard InChI is InChI=1S/C10H12N2O2/c1-12(10(14)7-9(11)13)8-5-3-2-4-6-8/h2-6H,7H2,1H3,(H2,11,13). The molecule has 0 aromatic heterocycles. The molecular weight excluding hydrogens is 180 g/mol. The molecule has 4 heteroatoms. The molecule has 0 unspecified atom stereocenters. The molecule has 0 atom stereocenters. The minimum Gasteiger partial charge on any atom is -0.369 e. The number of primary amides is 1. The van der Waals surface area contributed by atoms with Crippen LogP contribution in [0.4, 0.5) is 5.69 Å². The summed E-state index contributed by atoms with van der Waals surface area (Å²) in [6.07, 6.45) is -0.259. The Morgan fingerprint density at radius 1 is 1.29 bits per heavy atom. The number of rotatable bonds is 3. The van der Waals surface area contributed by atoms with E-state index in [9.17, 15) is 9.59 Å². The first kappa shape index (κ1) is 10.2. The van der Waals surface area contributed by atoms with Gasteiger partial charge in [0.1, 0.15) is 6.42 Å². The van der Waals surface area contributed by atoms with E-state index in [2.05, 4.69) is 0 Å². The van der Waals surface area contributed by atoms with Crippen LogP contribution in [-0.2, 0) is 9.59 Å². The van der Waals surface area contributed by atoms with Crippen LogP contribution in [0.25, 0.3) is 0 Å². The molecule has 0 radical (unpaired) electrons. The maximum atomic E-state index is 11.4. The van der Waals surface area contributed by atoms with E-state index in [1.54, 1.807) is 19.2 Å². The van der Waals surface area contributed by atoms with Crippen molar-refractivity contribution in [3.63, 3.8) is 0 Å². The summed E-state index contributed by atoms with van der Waals surface area (Å²) in [7, 11) is 1.61. The molecule has 14 heavy (non-hydrogen) atoms. The molecular formula is C10H12N2O2. The van der Waals surface area contributed by atoms with Crippen molar-refractivity contribution >= 4 is 17.5 Å². The van der Waals surface area contributed by atoms with Gasteiger partial charge in [-0.2, -0.15) is 0 Å². The Kier molecular flexibility index (Phi) is 3.23. The molecule has 2 N–H and O–H groups in total. The van der Waals surface area contributed by atoms with Gasteiger partial charge < -0.3 is 10.6 Å². The molecule has 0 saturated heterocycles. The van der Waals surface area contributed by atoms with Crippen LogP contribution in [0, 0.1) is 0 Å². The van der Waals surface area contributed by atoms with Crippen molar-refractivity contribution < 1.29 is 9.59 Å². The topological polar surface area (TPSA) is 63.4 Å². The van der Waals surface area contributed by atoms with Crippen molar-refractivity contribution in [3.8, 4) is 0 Å². The number of amides is 2. The number of para-hydroxylation sites is 1. The highest BCUT2D eigenvalue weighted by atomic mass is 16.2. The summed E-state index contributed by atoms with van der Waals surface area (Å²) in [4.78, 5) is 23.3. The van der Waals surface area contributed by atoms with Gasteiger partial charge in [-0.25, -0.2) is 0 Å². The fraction of sp³-hybridized carbons (Fsp3) is 0.200. The third-order valence-electron chi connectivity index (χ3n) is 1.84. The van der Waals surface area contributed by atoms with Gasteiger partial charge in [-0.05, 0) is 12.1 Å². The molecule has 0 heterocycles. The van der Waals surface area contributed by atoms with Gasteiger partial charge in [-0.3, -0.25) is 9.59 Å². The van der Waals surface area contributed by atoms with Crippen molar-refractivity contribution in [1.82, 2.24) is 0 Å². The Balaban J connectivity index is 2.71. The van der Waals surface area contributed by atoms with E-state index in [1.165, 1.54) is 4.90 Å². The van der Waals surface area contributed by atoms with Gasteiger partial charge >= 0.3 is 0 Å². The molecule has 0 spiro atoms. The molecule has 1 aromatic rings. The van der Waals surface area contributed by atoms with Crippen LogP contribution in [0.3, 0.4) is 0 Å². The van der Waals surface area contributed by atoms with E-state index < -0.39 is 5.91 Å². The number of hydrogen-bond donors (Lipinski definition) is 1. The van der Waals surface area contributed by atoms with Crippen LogP contribution in [0.2, 0.25) is 0 Å². The summed E-state index contributed by atoms with van der Waals surface area (Å²) in [5.74, 6) is -0.915. The summed E-state index contributed by atoms with van der Waals surface area (Å²) >= 11 is 0. The minimum atomic E-state index is -0.613. The summed E-state index contributed by atoms with van der Waals surface area (Å²) in [5.41, 5.74) is 5.67. The molecule has 0 aliphatic rings. The van der Waals surface area contributed by atoms with Gasteiger partial charge in [0.05, 0.1) is 0 Å². The van der Waals surface area contributed by atoms with Crippen LogP contribution >= 0.6 is 0 Å². The quantitative estimate of drug-likeness (QED) is 0.710. The van der Waals surface area contributed by atoms with Crippen LogP contribution in [0.1, 0.15) is 6.42 Å². The Hall–Kier alpha value is -1.84. The normalized spacial score (nSPS) is 9.50. The van der Waals surface area contributed by atoms with Crippen LogP contribution in [-0.4, -0.2) is 18.9 Å². The SMILES string of the molecule is CN(C(=O)CC(N)=O)c1ccccc1. The summed E-state index contributed by atoms with van der Waals surface area (Å²) < 4.78 is 0. The first-order valence-corrected chi connectivity index (χ1v) is 4.21. The zero-order valence-electron chi connectivity index (χ0n) is 7.93. The Labute approximate surface area is 82.3 Å². The minimum absolute atomic E-state index is 0.259. The van der Waals surface area contributed by atoms with Gasteiger partial charge in [0.15, 0.2) is 0 Å². The number of nitrogens with two attached hydrogens (primary N) is 1. The highest BCUT2D eigenvalue weighted by molar-refractivity contribution is 6.04. The van der Waals surface area contributed by atoms with Crippen molar-refractivity contribution in [3.05, 3.63) is 30.3 Å². The highest BCUT2D eigenvalue weighted by Gasteiger charge is 2.12. The summed E-state index contributed by atoms with van der Waals surface area (Å²) in [6, 6.07) is 9.08. The van der Waals surface area contributed by atoms with Gasteiger partial charge in [0, 0.05) is 12.7 Å². The number of hydrogen-bond acceptors (Lipinski definition) is 2. The second-order valence-electron chi connectivity index (χ2n) is 2.93. The fourth-order valence-electron chi connectivity index (χ4n) is 1.06. The maximum absolute atomic E-state index is 11.4. The summed E-state index contributed by atoms with van der Waals surface area (Å²) in [6.45, 7) is 0. The lowest BCUT2D eigenvalue weighted by Gasteiger charge is -2.15. The van der Waals surface area contributed by atoms with Gasteiger partial charge in [0.25, 0.3) is 0 Å². The van der Waals surface area contributed by atoms with E-state index in [0.717, 1.165) is 5.69 Å². The third-order valence-corrected chi connectivity index (χ3v) is 1.84. The van der Waals surface area contributed by atoms with Crippen molar-refractivity contribution in [2.75, 3.05) is 11.9 Å². The molecule has 4 nitrogen and oxygen atoms in total. The molecule has 0 aliphatic heterocycles. The molecule has 74 valence electrons. The lowest BCUT2D eigenvalue weighted by atomic mass is 10.2. The molecule has 0 bridgehead atoms. The molecule has 0 aliphatic carbocycles. The van der Waals surface area contributed by atoms with E-state index >= 15 is 0 Å². The summed E-state index contributed by atoms with van der Waals surface area (Å²) in [5, 5.41) is 0. The number of anilines is 1. The van der Waals surface area contributed by atoms with E-state index in [1.807, 2.05) is 18.2 Å². The average molecular weight is 192 g/mol. The van der Waals surface area contributed by atoms with E-state index in [4.69, 9.17) is 5.73 Å². The lowest BCUT2D eigenvalue weighted by molar-refractivity contribution is -0.125. The highest BCUT2D eigenvalue weighted by Crippen LogP contribution is 2.11. The first-order chi connectivity index (χ1) is 6.61. The predicted molar refractivity (Wildman–Crippen MR) is 53.7 cm³/mol. The van der Waals surface area contributed by atoms with Gasteiger partial charge in [-0.15, -0.1) is 0 Å². The lowest BCUT2D eigenvalue weighted by Crippen LogP contribution is -2.30. The third kappa shape index (κ3) is 2.58. The predicted octanol–water partition coefficient (Wildman–Crippen LogP) is 0.525. The molecule has 0 fully saturated rings. The molecule has 0 saturated carbocycles. The van der Waals surface area contributed by atoms with Crippen LogP contribution in [0.5, 0.6) is 0 Å². The zero-order chi connectivity index (χ0) is 10.6. The van der Waals surface area contributed by atoms with Crippen molar-refractivity contribution in [2.24, 2.45) is 5.73 Å². The van der Waals surface area contributed by atoms with Gasteiger partial charge in [-0.1, -0.05) is 18.2 Å². The Morgan fingerprint density at radius 3 is 2.36 bits per heavy atom. The second kappa shape index (κ2) is 4.41. The Bertz CT molecular complexity index is 335. The van der Waals surface area contributed by atoms with Crippen molar-refractivity contribution in [2.45, 2.75) is 6.42 Å². The van der Waals surface area contributed by atoms with Crippen LogP contribution < -0.4 is 10.6 Å². The second-order valence-corrected chi connectivity index (χ2v) is 2.93. The number of carbonyl (C=O) groups excluding carboxylic acids is 2. The van der Waals surface area contributed by atoms with E-state index in [-0.39, 0.29) is 12.3 Å². The van der Waals surface area contributed by atoms with Crippen LogP contribution in [0.15, 0.2) is 30.3 Å². The monoisotopic (exact) mass is 192 g/mol. The number of carbonyl (C=O) groups is 2. The number of nitrogens with zero attached hydrogens (tertiary/aromatic N) is 1. The largest absolute Gasteiger partial charge is 0.369 e. The van der Waals surface area contributed by atoms with E-state index in [0.29, 0.717) is 0 Å². The molecule has 2 amide bonds. The first-order valence-electron chi connectivity index (χ1n) is 4.21. The smallest absolute Gasteiger partial charge is 0.236 e. The zero-order valence-corrected chi connectivity index (χ0v) is 7.93. The average Bonchev–Trinajstić information content (AvgIpc) is 2.17. The van der Waals surface area contributed by atoms with Gasteiger partial charge in [0.2, 0.25) is 11.8 Å². The van der Waals surface area contributed by atoms with Crippen molar-refractivity contribution in [1.29, 1.82) is 0 Å². The Morgan fingerprint density at radius 2 is 1.86 bits per heavy atom. The molecule has 1 aromatic carbocycles.